The van der Waals surface area contributed by atoms with E-state index in [-0.39, 0.29) is 24.4 Å². The Kier molecular flexibility index (Phi) is 7.40. The number of aromatic nitrogens is 2. The maximum Gasteiger partial charge on any atom is 0.240 e. The Morgan fingerprint density at radius 1 is 1.48 bits per heavy atom. The minimum Gasteiger partial charge on any atom is -0.352 e. The van der Waals surface area contributed by atoms with Crippen molar-refractivity contribution in [3.8, 4) is 0 Å². The molecule has 1 aromatic rings. The van der Waals surface area contributed by atoms with Crippen molar-refractivity contribution in [3.05, 3.63) is 17.0 Å². The van der Waals surface area contributed by atoms with E-state index in [4.69, 9.17) is 5.73 Å². The molecule has 1 rings (SSSR count). The van der Waals surface area contributed by atoms with Crippen LogP contribution in [0.5, 0.6) is 0 Å². The number of nitrogens with zero attached hydrogens (tertiary/aromatic N) is 2. The number of carbonyl (C=O) groups excluding carboxylic acids is 1. The molecule has 1 aromatic heterocycles. The number of carbonyl (C=O) groups is 1. The predicted octanol–water partition coefficient (Wildman–Crippen LogP) is 2.02. The molecule has 1 heterocycles. The van der Waals surface area contributed by atoms with Crippen LogP contribution in [-0.4, -0.2) is 27.3 Å². The van der Waals surface area contributed by atoms with Crippen molar-refractivity contribution in [2.45, 2.75) is 65.5 Å². The van der Waals surface area contributed by atoms with Crippen molar-refractivity contribution in [2.24, 2.45) is 12.8 Å². The fraction of sp³-hybridized carbons (Fsp3) is 0.733. The van der Waals surface area contributed by atoms with Crippen LogP contribution in [0.25, 0.3) is 0 Å². The van der Waals surface area contributed by atoms with Gasteiger partial charge < -0.3 is 11.1 Å². The minimum atomic E-state index is -0.790. The van der Waals surface area contributed by atoms with E-state index in [0.29, 0.717) is 6.42 Å². The second kappa shape index (κ2) is 7.80. The number of nitrogens with two attached hydrogens (primary N) is 1. The smallest absolute Gasteiger partial charge is 0.240 e. The Balaban J connectivity index is 0.00000400. The molecule has 6 heteroatoms. The fourth-order valence-electron chi connectivity index (χ4n) is 2.49. The van der Waals surface area contributed by atoms with E-state index in [9.17, 15) is 4.79 Å². The van der Waals surface area contributed by atoms with Gasteiger partial charge in [0.1, 0.15) is 0 Å². The Bertz CT molecular complexity index is 482. The highest BCUT2D eigenvalue weighted by Gasteiger charge is 2.28. The van der Waals surface area contributed by atoms with Crippen LogP contribution >= 0.6 is 12.4 Å². The topological polar surface area (TPSA) is 72.9 Å². The summed E-state index contributed by atoms with van der Waals surface area (Å²) in [7, 11) is 1.94. The van der Waals surface area contributed by atoms with Crippen LogP contribution in [0, 0.1) is 13.8 Å². The molecule has 3 N–H and O–H groups in total. The molecule has 21 heavy (non-hydrogen) atoms. The van der Waals surface area contributed by atoms with Crippen molar-refractivity contribution < 1.29 is 4.79 Å². The second-order valence-electron chi connectivity index (χ2n) is 6.02. The molecular formula is C15H29ClN4O. The molecule has 1 amide bonds. The van der Waals surface area contributed by atoms with Gasteiger partial charge in [-0.25, -0.2) is 0 Å². The first kappa shape index (κ1) is 19.9. The molecule has 0 aromatic carbocycles. The second-order valence-corrected chi connectivity index (χ2v) is 6.02. The first-order valence-electron chi connectivity index (χ1n) is 7.28. The summed E-state index contributed by atoms with van der Waals surface area (Å²) in [4.78, 5) is 12.2. The van der Waals surface area contributed by atoms with Gasteiger partial charge in [-0.2, -0.15) is 5.10 Å². The molecular weight excluding hydrogens is 288 g/mol. The molecule has 0 saturated heterocycles. The summed E-state index contributed by atoms with van der Waals surface area (Å²) < 4.78 is 1.88. The number of rotatable bonds is 6. The van der Waals surface area contributed by atoms with Gasteiger partial charge in [-0.1, -0.05) is 13.3 Å². The van der Waals surface area contributed by atoms with Gasteiger partial charge in [0.25, 0.3) is 0 Å². The van der Waals surface area contributed by atoms with Crippen LogP contribution in [0.15, 0.2) is 0 Å². The summed E-state index contributed by atoms with van der Waals surface area (Å²) in [5.74, 6) is -0.0777. The van der Waals surface area contributed by atoms with Gasteiger partial charge in [0.05, 0.1) is 11.2 Å². The van der Waals surface area contributed by atoms with Crippen LogP contribution < -0.4 is 11.1 Å². The maximum absolute atomic E-state index is 12.2. The zero-order valence-corrected chi connectivity index (χ0v) is 14.8. The third kappa shape index (κ3) is 5.00. The van der Waals surface area contributed by atoms with E-state index >= 15 is 0 Å². The first-order chi connectivity index (χ1) is 9.19. The zero-order valence-electron chi connectivity index (χ0n) is 14.0. The standard InChI is InChI=1S/C15H28N4O.ClH/c1-7-8-15(5,16)14(20)17-10(2)9-13-11(3)18-19(6)12(13)4;/h10H,7-9,16H2,1-6H3,(H,17,20);1H. The molecule has 0 fully saturated rings. The highest BCUT2D eigenvalue weighted by molar-refractivity contribution is 5.86. The van der Waals surface area contributed by atoms with Crippen molar-refractivity contribution in [1.82, 2.24) is 15.1 Å². The lowest BCUT2D eigenvalue weighted by Gasteiger charge is -2.25. The lowest BCUT2D eigenvalue weighted by Crippen LogP contribution is -2.54. The van der Waals surface area contributed by atoms with Gasteiger partial charge >= 0.3 is 0 Å². The molecule has 2 atom stereocenters. The third-order valence-corrected chi connectivity index (χ3v) is 3.83. The van der Waals surface area contributed by atoms with Crippen LogP contribution in [0.1, 0.15) is 50.6 Å². The van der Waals surface area contributed by atoms with Crippen molar-refractivity contribution in [1.29, 1.82) is 0 Å². The number of nitrogens with one attached hydrogen (secondary N) is 1. The summed E-state index contributed by atoms with van der Waals surface area (Å²) >= 11 is 0. The third-order valence-electron chi connectivity index (χ3n) is 3.83. The van der Waals surface area contributed by atoms with Crippen molar-refractivity contribution in [3.63, 3.8) is 0 Å². The molecule has 122 valence electrons. The number of aryl methyl sites for hydroxylation is 2. The summed E-state index contributed by atoms with van der Waals surface area (Å²) in [5, 5.41) is 7.42. The van der Waals surface area contributed by atoms with E-state index in [1.807, 2.05) is 39.4 Å². The number of amides is 1. The molecule has 0 spiro atoms. The maximum atomic E-state index is 12.2. The van der Waals surface area contributed by atoms with Gasteiger partial charge in [0.2, 0.25) is 5.91 Å². The lowest BCUT2D eigenvalue weighted by molar-refractivity contribution is -0.126. The average Bonchev–Trinajstić information content (AvgIpc) is 2.56. The number of halogens is 1. The number of hydrogen-bond donors (Lipinski definition) is 2. The Labute approximate surface area is 134 Å². The van der Waals surface area contributed by atoms with Gasteiger partial charge in [0, 0.05) is 18.8 Å². The van der Waals surface area contributed by atoms with Gasteiger partial charge in [-0.05, 0) is 46.1 Å². The normalized spacial score (nSPS) is 15.0. The lowest BCUT2D eigenvalue weighted by atomic mass is 9.95. The Morgan fingerprint density at radius 3 is 2.48 bits per heavy atom. The Hall–Kier alpha value is -1.07. The highest BCUT2D eigenvalue weighted by atomic mass is 35.5. The van der Waals surface area contributed by atoms with Crippen molar-refractivity contribution >= 4 is 18.3 Å². The van der Waals surface area contributed by atoms with Gasteiger partial charge in [0.15, 0.2) is 0 Å². The molecule has 0 aliphatic rings. The van der Waals surface area contributed by atoms with E-state index < -0.39 is 5.54 Å². The SMILES string of the molecule is CCCC(C)(N)C(=O)NC(C)Cc1c(C)nn(C)c1C.Cl. The van der Waals surface area contributed by atoms with E-state index in [2.05, 4.69) is 10.4 Å². The van der Waals surface area contributed by atoms with Crippen LogP contribution in [-0.2, 0) is 18.3 Å². The average molecular weight is 317 g/mol. The van der Waals surface area contributed by atoms with Crippen molar-refractivity contribution in [2.75, 3.05) is 0 Å². The quantitative estimate of drug-likeness (QED) is 0.843. The summed E-state index contributed by atoms with van der Waals surface area (Å²) in [6.07, 6.45) is 2.37. The molecule has 0 aliphatic heterocycles. The van der Waals surface area contributed by atoms with Crippen LogP contribution in [0.4, 0.5) is 0 Å². The molecule has 0 saturated carbocycles. The molecule has 0 aliphatic carbocycles. The fourth-order valence-corrected chi connectivity index (χ4v) is 2.49. The zero-order chi connectivity index (χ0) is 15.5. The first-order valence-corrected chi connectivity index (χ1v) is 7.28. The summed E-state index contributed by atoms with van der Waals surface area (Å²) in [6.45, 7) is 9.88. The number of hydrogen-bond acceptors (Lipinski definition) is 3. The summed E-state index contributed by atoms with van der Waals surface area (Å²) in [6, 6.07) is 0.0452. The Morgan fingerprint density at radius 2 is 2.05 bits per heavy atom. The van der Waals surface area contributed by atoms with Crippen LogP contribution in [0.3, 0.4) is 0 Å². The van der Waals surface area contributed by atoms with E-state index in [1.165, 1.54) is 5.56 Å². The predicted molar refractivity (Wildman–Crippen MR) is 88.7 cm³/mol. The van der Waals surface area contributed by atoms with Gasteiger partial charge in [-0.3, -0.25) is 9.48 Å². The molecule has 5 nitrogen and oxygen atoms in total. The minimum absolute atomic E-state index is 0. The molecule has 2 unspecified atom stereocenters. The van der Waals surface area contributed by atoms with Crippen LogP contribution in [0.2, 0.25) is 0 Å². The molecule has 0 bridgehead atoms. The highest BCUT2D eigenvalue weighted by Crippen LogP contribution is 2.15. The van der Waals surface area contributed by atoms with E-state index in [1.54, 1.807) is 6.92 Å². The summed E-state index contributed by atoms with van der Waals surface area (Å²) in [5.41, 5.74) is 8.63. The monoisotopic (exact) mass is 316 g/mol. The van der Waals surface area contributed by atoms with E-state index in [0.717, 1.165) is 24.2 Å². The largest absolute Gasteiger partial charge is 0.352 e. The molecule has 0 radical (unpaired) electrons. The van der Waals surface area contributed by atoms with Gasteiger partial charge in [-0.15, -0.1) is 12.4 Å².